The van der Waals surface area contributed by atoms with Gasteiger partial charge in [0.05, 0.1) is 0 Å². The van der Waals surface area contributed by atoms with Crippen molar-refractivity contribution in [3.63, 3.8) is 0 Å². The Labute approximate surface area is 102 Å². The summed E-state index contributed by atoms with van der Waals surface area (Å²) in [5, 5.41) is 8.59. The molecule has 5 heteroatoms. The lowest BCUT2D eigenvalue weighted by Crippen LogP contribution is -2.18. The van der Waals surface area contributed by atoms with E-state index in [0.29, 0.717) is 6.61 Å². The summed E-state index contributed by atoms with van der Waals surface area (Å²) >= 11 is 4.60. The van der Waals surface area contributed by atoms with Crippen molar-refractivity contribution in [3.8, 4) is 0 Å². The van der Waals surface area contributed by atoms with Gasteiger partial charge in [-0.3, -0.25) is 3.11 Å². The van der Waals surface area contributed by atoms with Gasteiger partial charge in [-0.2, -0.15) is 0 Å². The van der Waals surface area contributed by atoms with Gasteiger partial charge in [-0.25, -0.2) is 3.11 Å². The number of hydrogen-bond donors (Lipinski definition) is 1. The second-order valence-corrected chi connectivity index (χ2v) is 5.68. The van der Waals surface area contributed by atoms with Gasteiger partial charge in [0.1, 0.15) is 0 Å². The third-order valence-corrected chi connectivity index (χ3v) is 2.87. The Kier molecular flexibility index (Phi) is 9.91. The smallest absolute Gasteiger partial charge is 0.0443 e. The molecule has 0 fully saturated rings. The third kappa shape index (κ3) is 9.43. The molecule has 0 amide bonds. The molecule has 0 unspecified atom stereocenters. The number of halogens is 2. The number of aliphatic hydroxyl groups excluding tert-OH is 1. The topological polar surface area (TPSA) is 26.7 Å². The van der Waals surface area contributed by atoms with Crippen LogP contribution in [0, 0.1) is 0 Å². The Morgan fingerprint density at radius 2 is 1.67 bits per heavy atom. The first-order chi connectivity index (χ1) is 5.66. The van der Waals surface area contributed by atoms with E-state index in [4.69, 9.17) is 5.11 Å². The molecule has 0 saturated carbocycles. The van der Waals surface area contributed by atoms with Crippen molar-refractivity contribution in [2.75, 3.05) is 33.3 Å². The highest BCUT2D eigenvalue weighted by Crippen LogP contribution is 2.03. The molecule has 0 atom stereocenters. The molecule has 12 heavy (non-hydrogen) atoms. The average molecular weight is 398 g/mol. The predicted molar refractivity (Wildman–Crippen MR) is 68.6 cm³/mol. The molecule has 0 bridgehead atoms. The number of hydrogen-bond acceptors (Lipinski definition) is 3. The van der Waals surface area contributed by atoms with Crippen molar-refractivity contribution in [2.24, 2.45) is 0 Å². The molecule has 0 aliphatic heterocycles. The molecule has 0 heterocycles. The van der Waals surface area contributed by atoms with E-state index in [-0.39, 0.29) is 0 Å². The van der Waals surface area contributed by atoms with Crippen molar-refractivity contribution in [1.29, 1.82) is 0 Å². The fourth-order valence-corrected chi connectivity index (χ4v) is 1.84. The average Bonchev–Trinajstić information content (AvgIpc) is 2.00. The zero-order valence-corrected chi connectivity index (χ0v) is 11.7. The van der Waals surface area contributed by atoms with Gasteiger partial charge < -0.3 is 5.11 Å². The van der Waals surface area contributed by atoms with Crippen molar-refractivity contribution < 1.29 is 5.11 Å². The molecule has 3 nitrogen and oxygen atoms in total. The van der Waals surface area contributed by atoms with Gasteiger partial charge in [0.25, 0.3) is 0 Å². The zero-order valence-electron chi connectivity index (χ0n) is 7.34. The molecule has 0 saturated heterocycles. The molecule has 0 rings (SSSR count). The lowest BCUT2D eigenvalue weighted by molar-refractivity contribution is 0.276. The first kappa shape index (κ1) is 13.3. The van der Waals surface area contributed by atoms with Gasteiger partial charge in [-0.1, -0.05) is 0 Å². The third-order valence-electron chi connectivity index (χ3n) is 1.43. The van der Waals surface area contributed by atoms with Crippen LogP contribution in [0.2, 0.25) is 0 Å². The van der Waals surface area contributed by atoms with E-state index in [1.54, 1.807) is 0 Å². The lowest BCUT2D eigenvalue weighted by atomic mass is 10.4. The molecular weight excluding hydrogens is 382 g/mol. The molecule has 0 radical (unpaired) electrons. The standard InChI is InChI=1S/C7H16I2N2O/c1-10(8)4-2-5-11(9)6-3-7-12/h12H,2-7H2,1H3. The van der Waals surface area contributed by atoms with E-state index in [1.807, 2.05) is 0 Å². The minimum Gasteiger partial charge on any atom is -0.396 e. The Hall–Kier alpha value is 1.34. The fourth-order valence-electron chi connectivity index (χ4n) is 0.814. The monoisotopic (exact) mass is 398 g/mol. The van der Waals surface area contributed by atoms with E-state index in [2.05, 4.69) is 59.0 Å². The summed E-state index contributed by atoms with van der Waals surface area (Å²) in [5.41, 5.74) is 0. The Balaban J connectivity index is 3.13. The summed E-state index contributed by atoms with van der Waals surface area (Å²) in [6, 6.07) is 0. The van der Waals surface area contributed by atoms with Crippen LogP contribution in [0.1, 0.15) is 12.8 Å². The molecule has 0 aromatic heterocycles. The van der Waals surface area contributed by atoms with Crippen molar-refractivity contribution in [3.05, 3.63) is 0 Å². The van der Waals surface area contributed by atoms with E-state index in [0.717, 1.165) is 26.1 Å². The Morgan fingerprint density at radius 1 is 1.08 bits per heavy atom. The Bertz CT molecular complexity index is 103. The fraction of sp³-hybridized carbons (Fsp3) is 1.00. The highest BCUT2D eigenvalue weighted by Gasteiger charge is 1.99. The van der Waals surface area contributed by atoms with Crippen LogP contribution in [0.4, 0.5) is 0 Å². The summed E-state index contributed by atoms with van der Waals surface area (Å²) in [6.45, 7) is 3.51. The van der Waals surface area contributed by atoms with E-state index >= 15 is 0 Å². The van der Waals surface area contributed by atoms with Crippen LogP contribution in [0.3, 0.4) is 0 Å². The molecule has 0 spiro atoms. The van der Waals surface area contributed by atoms with Gasteiger partial charge >= 0.3 is 0 Å². The maximum absolute atomic E-state index is 8.59. The second kappa shape index (κ2) is 8.92. The van der Waals surface area contributed by atoms with Crippen LogP contribution >= 0.6 is 45.7 Å². The van der Waals surface area contributed by atoms with Crippen molar-refractivity contribution in [1.82, 2.24) is 6.23 Å². The molecular formula is C7H16I2N2O. The minimum absolute atomic E-state index is 0.297. The molecule has 0 aromatic carbocycles. The molecule has 1 N–H and O–H groups in total. The van der Waals surface area contributed by atoms with Gasteiger partial charge in [0, 0.05) is 72.0 Å². The highest BCUT2D eigenvalue weighted by molar-refractivity contribution is 14.1. The zero-order chi connectivity index (χ0) is 9.40. The first-order valence-electron chi connectivity index (χ1n) is 4.05. The second-order valence-electron chi connectivity index (χ2n) is 2.67. The first-order valence-corrected chi connectivity index (χ1v) is 5.98. The van der Waals surface area contributed by atoms with E-state index in [1.165, 1.54) is 6.42 Å². The lowest BCUT2D eigenvalue weighted by Gasteiger charge is -2.14. The van der Waals surface area contributed by atoms with E-state index < -0.39 is 0 Å². The molecule has 0 aliphatic rings. The van der Waals surface area contributed by atoms with Crippen LogP contribution in [0.5, 0.6) is 0 Å². The molecule has 0 aliphatic carbocycles. The van der Waals surface area contributed by atoms with Crippen LogP contribution < -0.4 is 0 Å². The maximum atomic E-state index is 8.59. The molecule has 74 valence electrons. The quantitative estimate of drug-likeness (QED) is 0.523. The minimum atomic E-state index is 0.297. The summed E-state index contributed by atoms with van der Waals surface area (Å²) in [5.74, 6) is 0. The Morgan fingerprint density at radius 3 is 2.17 bits per heavy atom. The predicted octanol–water partition coefficient (Wildman–Crippen LogP) is 1.69. The van der Waals surface area contributed by atoms with Gasteiger partial charge in [0.2, 0.25) is 0 Å². The summed E-state index contributed by atoms with van der Waals surface area (Å²) in [6.07, 6.45) is 2.07. The van der Waals surface area contributed by atoms with Crippen LogP contribution in [0.15, 0.2) is 0 Å². The maximum Gasteiger partial charge on any atom is 0.0443 e. The summed E-state index contributed by atoms with van der Waals surface area (Å²) < 4.78 is 4.39. The number of aliphatic hydroxyl groups is 1. The highest BCUT2D eigenvalue weighted by atomic mass is 127. The van der Waals surface area contributed by atoms with Gasteiger partial charge in [-0.15, -0.1) is 0 Å². The summed E-state index contributed by atoms with van der Waals surface area (Å²) in [4.78, 5) is 0. The van der Waals surface area contributed by atoms with Gasteiger partial charge in [0.15, 0.2) is 0 Å². The normalized spacial score (nSPS) is 11.5. The van der Waals surface area contributed by atoms with Crippen LogP contribution in [0.25, 0.3) is 0 Å². The number of nitrogens with zero attached hydrogens (tertiary/aromatic N) is 2. The number of rotatable bonds is 7. The van der Waals surface area contributed by atoms with Crippen molar-refractivity contribution in [2.45, 2.75) is 12.8 Å². The van der Waals surface area contributed by atoms with E-state index in [9.17, 15) is 0 Å². The molecule has 0 aromatic rings. The summed E-state index contributed by atoms with van der Waals surface area (Å²) in [7, 11) is 2.08. The largest absolute Gasteiger partial charge is 0.396 e. The SMILES string of the molecule is CN(I)CCCN(I)CCCO. The van der Waals surface area contributed by atoms with Crippen molar-refractivity contribution >= 4 is 45.7 Å². The van der Waals surface area contributed by atoms with Crippen LogP contribution in [-0.2, 0) is 0 Å². The van der Waals surface area contributed by atoms with Gasteiger partial charge in [-0.05, 0) is 19.9 Å². The van der Waals surface area contributed by atoms with Crippen LogP contribution in [-0.4, -0.2) is 44.6 Å².